The molecule has 0 fully saturated rings. The summed E-state index contributed by atoms with van der Waals surface area (Å²) in [5, 5.41) is 4.66. The average Bonchev–Trinajstić information content (AvgIpc) is 3.17. The molecule has 8 heteroatoms. The molecule has 2 aromatic carbocycles. The van der Waals surface area contributed by atoms with Gasteiger partial charge in [-0.25, -0.2) is 9.82 Å². The van der Waals surface area contributed by atoms with Crippen molar-refractivity contribution >= 4 is 50.3 Å². The topological polar surface area (TPSA) is 67.1 Å². The Kier molecular flexibility index (Phi) is 6.05. The fourth-order valence-electron chi connectivity index (χ4n) is 4.36. The molecule has 0 aliphatic carbocycles. The Morgan fingerprint density at radius 3 is 2.76 bits per heavy atom. The van der Waals surface area contributed by atoms with Gasteiger partial charge < -0.3 is 14.1 Å². The summed E-state index contributed by atoms with van der Waals surface area (Å²) >= 11 is 3.40. The van der Waals surface area contributed by atoms with Gasteiger partial charge in [-0.05, 0) is 63.6 Å². The number of fused-ring (bicyclic) bond motifs is 2. The van der Waals surface area contributed by atoms with Gasteiger partial charge in [-0.15, -0.1) is 0 Å². The van der Waals surface area contributed by atoms with Gasteiger partial charge in [-0.2, -0.15) is 5.10 Å². The Bertz CT molecular complexity index is 1310. The van der Waals surface area contributed by atoms with Gasteiger partial charge in [0, 0.05) is 33.2 Å². The number of nitrogens with one attached hydrogen (secondary N) is 1. The van der Waals surface area contributed by atoms with E-state index in [2.05, 4.69) is 58.2 Å². The van der Waals surface area contributed by atoms with E-state index in [4.69, 9.17) is 9.15 Å². The van der Waals surface area contributed by atoms with Crippen LogP contribution >= 0.6 is 15.9 Å². The molecule has 6 nitrogen and oxygen atoms in total. The third-order valence-corrected chi connectivity index (χ3v) is 6.23. The van der Waals surface area contributed by atoms with Crippen LogP contribution < -0.4 is 15.1 Å². The number of carbonyl (C=O) groups excluding carboxylic acids is 1. The highest BCUT2D eigenvalue weighted by atomic mass is 79.9. The molecule has 0 unspecified atom stereocenters. The van der Waals surface area contributed by atoms with Crippen molar-refractivity contribution in [3.05, 3.63) is 63.6 Å². The first-order chi connectivity index (χ1) is 15.6. The number of amides is 1. The monoisotopic (exact) mass is 513 g/mol. The lowest BCUT2D eigenvalue weighted by molar-refractivity contribution is 0.0929. The van der Waals surface area contributed by atoms with E-state index in [0.29, 0.717) is 16.7 Å². The first-order valence-corrected chi connectivity index (χ1v) is 11.4. The van der Waals surface area contributed by atoms with E-state index >= 15 is 0 Å². The second-order valence-electron chi connectivity index (χ2n) is 8.45. The van der Waals surface area contributed by atoms with Crippen LogP contribution in [0, 0.1) is 5.82 Å². The van der Waals surface area contributed by atoms with Crippen molar-refractivity contribution < 1.29 is 18.3 Å². The lowest BCUT2D eigenvalue weighted by Crippen LogP contribution is -2.45. The number of furan rings is 1. The molecule has 2 heterocycles. The summed E-state index contributed by atoms with van der Waals surface area (Å²) < 4.78 is 26.6. The van der Waals surface area contributed by atoms with Crippen molar-refractivity contribution in [1.82, 2.24) is 5.43 Å². The molecule has 1 N–H and O–H groups in total. The number of hydrogen-bond acceptors (Lipinski definition) is 5. The number of ether oxygens (including phenoxy) is 1. The molecular formula is C25H25BrFN3O3. The number of methoxy groups -OCH3 is 1. The third-order valence-electron chi connectivity index (χ3n) is 5.77. The quantitative estimate of drug-likeness (QED) is 0.329. The second kappa shape index (κ2) is 8.67. The summed E-state index contributed by atoms with van der Waals surface area (Å²) in [5.74, 6) is -0.377. The van der Waals surface area contributed by atoms with Crippen LogP contribution in [0.25, 0.3) is 16.5 Å². The zero-order chi connectivity index (χ0) is 23.9. The highest BCUT2D eigenvalue weighted by molar-refractivity contribution is 9.10. The molecule has 0 bridgehead atoms. The molecule has 1 aliphatic heterocycles. The molecule has 0 radical (unpaired) electrons. The Hall–Kier alpha value is -3.13. The maximum Gasteiger partial charge on any atom is 0.307 e. The van der Waals surface area contributed by atoms with E-state index in [0.717, 1.165) is 27.8 Å². The van der Waals surface area contributed by atoms with Crippen LogP contribution in [-0.2, 0) is 0 Å². The number of nitrogens with zero attached hydrogens (tertiary/aromatic N) is 2. The van der Waals surface area contributed by atoms with Crippen LogP contribution in [-0.4, -0.2) is 31.3 Å². The molecule has 1 aromatic heterocycles. The van der Waals surface area contributed by atoms with Crippen LogP contribution in [0.1, 0.15) is 49.4 Å². The van der Waals surface area contributed by atoms with E-state index in [9.17, 15) is 9.18 Å². The molecule has 0 saturated heterocycles. The van der Waals surface area contributed by atoms with Gasteiger partial charge in [0.25, 0.3) is 0 Å². The van der Waals surface area contributed by atoms with E-state index in [-0.39, 0.29) is 16.9 Å². The standard InChI is InChI=1S/C25H25BrFN3O3/c1-6-30-20-11-19(27)16(8-18(20)14(2)12-25(30,3)4)13-28-29-24(31)22-9-15-7-17(26)10-21(32-5)23(15)33-22/h7-13H,6H2,1-5H3,(H,29,31)/b28-13-. The number of likely N-dealkylation sites (N-methyl/N-ethyl adjacent to an activating group) is 1. The van der Waals surface area contributed by atoms with Gasteiger partial charge in [-0.3, -0.25) is 4.79 Å². The fourth-order valence-corrected chi connectivity index (χ4v) is 4.81. The van der Waals surface area contributed by atoms with E-state index < -0.39 is 11.7 Å². The lowest BCUT2D eigenvalue weighted by Gasteiger charge is -2.42. The normalized spacial score (nSPS) is 15.0. The van der Waals surface area contributed by atoms with E-state index in [1.54, 1.807) is 18.2 Å². The van der Waals surface area contributed by atoms with Crippen LogP contribution in [0.3, 0.4) is 0 Å². The minimum absolute atomic E-state index is 0.0732. The Balaban J connectivity index is 1.58. The fraction of sp³-hybridized carbons (Fsp3) is 0.280. The number of allylic oxidation sites excluding steroid dienone is 1. The largest absolute Gasteiger partial charge is 0.493 e. The summed E-state index contributed by atoms with van der Waals surface area (Å²) in [4.78, 5) is 14.7. The molecule has 1 amide bonds. The Morgan fingerprint density at radius 2 is 2.06 bits per heavy atom. The maximum absolute atomic E-state index is 14.9. The summed E-state index contributed by atoms with van der Waals surface area (Å²) in [6, 6.07) is 8.46. The van der Waals surface area contributed by atoms with Crippen molar-refractivity contribution in [2.75, 3.05) is 18.6 Å². The van der Waals surface area contributed by atoms with Gasteiger partial charge in [0.2, 0.25) is 0 Å². The number of rotatable bonds is 5. The lowest BCUT2D eigenvalue weighted by atomic mass is 9.88. The molecule has 0 saturated carbocycles. The van der Waals surface area contributed by atoms with Crippen LogP contribution in [0.4, 0.5) is 10.1 Å². The number of benzene rings is 2. The summed E-state index contributed by atoms with van der Waals surface area (Å²) in [5.41, 5.74) is 5.81. The smallest absolute Gasteiger partial charge is 0.307 e. The van der Waals surface area contributed by atoms with Crippen molar-refractivity contribution in [3.63, 3.8) is 0 Å². The predicted octanol–water partition coefficient (Wildman–Crippen LogP) is 6.13. The summed E-state index contributed by atoms with van der Waals surface area (Å²) in [6.07, 6.45) is 3.48. The number of hydrazone groups is 1. The number of carbonyl (C=O) groups is 1. The highest BCUT2D eigenvalue weighted by Crippen LogP contribution is 2.39. The van der Waals surface area contributed by atoms with Gasteiger partial charge in [-0.1, -0.05) is 22.0 Å². The number of hydrogen-bond donors (Lipinski definition) is 1. The third kappa shape index (κ3) is 4.27. The van der Waals surface area contributed by atoms with E-state index in [1.165, 1.54) is 19.4 Å². The van der Waals surface area contributed by atoms with Gasteiger partial charge in [0.1, 0.15) is 5.82 Å². The second-order valence-corrected chi connectivity index (χ2v) is 9.37. The number of anilines is 1. The zero-order valence-electron chi connectivity index (χ0n) is 19.1. The summed E-state index contributed by atoms with van der Waals surface area (Å²) in [7, 11) is 1.53. The molecule has 3 aromatic rings. The minimum Gasteiger partial charge on any atom is -0.493 e. The van der Waals surface area contributed by atoms with Crippen molar-refractivity contribution in [2.45, 2.75) is 33.2 Å². The summed E-state index contributed by atoms with van der Waals surface area (Å²) in [6.45, 7) is 9.04. The maximum atomic E-state index is 14.9. The number of halogens is 2. The van der Waals surface area contributed by atoms with Crippen LogP contribution in [0.5, 0.6) is 5.75 Å². The molecule has 4 rings (SSSR count). The first-order valence-electron chi connectivity index (χ1n) is 10.6. The molecule has 0 atom stereocenters. The zero-order valence-corrected chi connectivity index (χ0v) is 20.7. The first kappa shape index (κ1) is 23.0. The Labute approximate surface area is 200 Å². The average molecular weight is 514 g/mol. The molecule has 172 valence electrons. The van der Waals surface area contributed by atoms with Crippen LogP contribution in [0.15, 0.2) is 50.4 Å². The molecule has 0 spiro atoms. The molecule has 1 aliphatic rings. The van der Waals surface area contributed by atoms with Crippen LogP contribution in [0.2, 0.25) is 0 Å². The molecule has 33 heavy (non-hydrogen) atoms. The van der Waals surface area contributed by atoms with Gasteiger partial charge >= 0.3 is 5.91 Å². The highest BCUT2D eigenvalue weighted by Gasteiger charge is 2.31. The molecular weight excluding hydrogens is 489 g/mol. The Morgan fingerprint density at radius 1 is 1.30 bits per heavy atom. The predicted molar refractivity (Wildman–Crippen MR) is 133 cm³/mol. The van der Waals surface area contributed by atoms with Crippen molar-refractivity contribution in [2.24, 2.45) is 5.10 Å². The minimum atomic E-state index is -0.547. The van der Waals surface area contributed by atoms with Gasteiger partial charge in [0.05, 0.1) is 18.9 Å². The van der Waals surface area contributed by atoms with E-state index in [1.807, 2.05) is 13.0 Å². The van der Waals surface area contributed by atoms with Crippen molar-refractivity contribution in [1.29, 1.82) is 0 Å². The SMILES string of the molecule is CCN1c2cc(F)c(/C=N\NC(=O)c3cc4cc(Br)cc(OC)c4o3)cc2C(C)=CC1(C)C. The van der Waals surface area contributed by atoms with Crippen molar-refractivity contribution in [3.8, 4) is 5.75 Å². The van der Waals surface area contributed by atoms with Gasteiger partial charge in [0.15, 0.2) is 17.1 Å².